The van der Waals surface area contributed by atoms with Gasteiger partial charge in [-0.25, -0.2) is 4.39 Å². The largest absolute Gasteiger partial charge is 0.207 e. The molecular weight excluding hydrogens is 367 g/mol. The minimum Gasteiger partial charge on any atom is -0.207 e. The second kappa shape index (κ2) is 9.71. The molecule has 0 fully saturated rings. The fourth-order valence-corrected chi connectivity index (χ4v) is 4.29. The van der Waals surface area contributed by atoms with Crippen LogP contribution in [0.25, 0.3) is 21.9 Å². The zero-order valence-corrected chi connectivity index (χ0v) is 17.7. The van der Waals surface area contributed by atoms with E-state index >= 15 is 0 Å². The predicted molar refractivity (Wildman–Crippen MR) is 126 cm³/mol. The van der Waals surface area contributed by atoms with Gasteiger partial charge < -0.3 is 0 Å². The van der Waals surface area contributed by atoms with Crippen LogP contribution in [-0.2, 0) is 6.42 Å². The third-order valence-corrected chi connectivity index (χ3v) is 5.99. The molecule has 0 N–H and O–H groups in total. The first-order chi connectivity index (χ1) is 14.7. The van der Waals surface area contributed by atoms with Crippen molar-refractivity contribution in [1.82, 2.24) is 0 Å². The van der Waals surface area contributed by atoms with E-state index in [-0.39, 0.29) is 5.82 Å². The second-order valence-electron chi connectivity index (χ2n) is 8.21. The van der Waals surface area contributed by atoms with Gasteiger partial charge in [-0.3, -0.25) is 0 Å². The van der Waals surface area contributed by atoms with Crippen LogP contribution < -0.4 is 0 Å². The lowest BCUT2D eigenvalue weighted by atomic mass is 9.86. The van der Waals surface area contributed by atoms with Gasteiger partial charge in [0.05, 0.1) is 0 Å². The molecule has 4 rings (SSSR count). The van der Waals surface area contributed by atoms with Crippen molar-refractivity contribution in [2.24, 2.45) is 0 Å². The molecule has 30 heavy (non-hydrogen) atoms. The van der Waals surface area contributed by atoms with Gasteiger partial charge in [0.25, 0.3) is 0 Å². The van der Waals surface area contributed by atoms with E-state index in [9.17, 15) is 4.39 Å². The van der Waals surface area contributed by atoms with Crippen LogP contribution in [0.15, 0.2) is 91.0 Å². The number of hydrogen-bond acceptors (Lipinski definition) is 0. The maximum absolute atomic E-state index is 13.6. The molecule has 0 heterocycles. The van der Waals surface area contributed by atoms with E-state index in [2.05, 4.69) is 73.7 Å². The molecule has 0 nitrogen and oxygen atoms in total. The summed E-state index contributed by atoms with van der Waals surface area (Å²) >= 11 is 0. The first-order valence-corrected chi connectivity index (χ1v) is 11.1. The highest BCUT2D eigenvalue weighted by molar-refractivity contribution is 5.83. The van der Waals surface area contributed by atoms with E-state index < -0.39 is 0 Å². The van der Waals surface area contributed by atoms with Crippen LogP contribution in [-0.4, -0.2) is 0 Å². The van der Waals surface area contributed by atoms with Gasteiger partial charge in [-0.1, -0.05) is 105 Å². The lowest BCUT2D eigenvalue weighted by Crippen LogP contribution is -2.04. The average molecular weight is 397 g/mol. The molecule has 0 aliphatic carbocycles. The molecule has 0 amide bonds. The molecule has 4 aromatic rings. The third kappa shape index (κ3) is 4.97. The average Bonchev–Trinajstić information content (AvgIpc) is 2.78. The van der Waals surface area contributed by atoms with Crippen molar-refractivity contribution in [3.8, 4) is 11.1 Å². The molecule has 0 saturated heterocycles. The summed E-state index contributed by atoms with van der Waals surface area (Å²) < 4.78 is 13.6. The van der Waals surface area contributed by atoms with Crippen LogP contribution >= 0.6 is 0 Å². The lowest BCUT2D eigenvalue weighted by Gasteiger charge is -2.19. The molecule has 0 spiro atoms. The van der Waals surface area contributed by atoms with Crippen molar-refractivity contribution in [3.63, 3.8) is 0 Å². The van der Waals surface area contributed by atoms with Crippen molar-refractivity contribution >= 4 is 10.8 Å². The normalized spacial score (nSPS) is 12.2. The van der Waals surface area contributed by atoms with Crippen molar-refractivity contribution in [1.29, 1.82) is 0 Å². The highest BCUT2D eigenvalue weighted by Gasteiger charge is 2.13. The van der Waals surface area contributed by atoms with Crippen LogP contribution in [0.3, 0.4) is 0 Å². The van der Waals surface area contributed by atoms with E-state index in [4.69, 9.17) is 0 Å². The molecule has 1 unspecified atom stereocenters. The van der Waals surface area contributed by atoms with Gasteiger partial charge in [-0.05, 0) is 63.9 Å². The minimum absolute atomic E-state index is 0.190. The fraction of sp³-hybridized carbons (Fsp3) is 0.241. The van der Waals surface area contributed by atoms with Crippen molar-refractivity contribution in [3.05, 3.63) is 108 Å². The van der Waals surface area contributed by atoms with Gasteiger partial charge in [0.15, 0.2) is 0 Å². The molecule has 0 saturated carbocycles. The molecule has 1 heteroatoms. The summed E-state index contributed by atoms with van der Waals surface area (Å²) in [5.74, 6) is 0.310. The van der Waals surface area contributed by atoms with Gasteiger partial charge in [-0.2, -0.15) is 0 Å². The van der Waals surface area contributed by atoms with Crippen LogP contribution in [0, 0.1) is 5.82 Å². The summed E-state index contributed by atoms with van der Waals surface area (Å²) in [7, 11) is 0. The first-order valence-electron chi connectivity index (χ1n) is 11.1. The van der Waals surface area contributed by atoms with Crippen molar-refractivity contribution < 1.29 is 4.39 Å². The summed E-state index contributed by atoms with van der Waals surface area (Å²) in [6, 6.07) is 31.0. The predicted octanol–water partition coefficient (Wildman–Crippen LogP) is 8.55. The van der Waals surface area contributed by atoms with E-state index in [1.54, 1.807) is 12.1 Å². The topological polar surface area (TPSA) is 0 Å². The Bertz CT molecular complexity index is 1090. The molecule has 0 radical (unpaired) electrons. The maximum Gasteiger partial charge on any atom is 0.123 e. The minimum atomic E-state index is -0.190. The Labute approximate surface area is 179 Å². The van der Waals surface area contributed by atoms with E-state index in [0.717, 1.165) is 17.5 Å². The monoisotopic (exact) mass is 396 g/mol. The van der Waals surface area contributed by atoms with Gasteiger partial charge >= 0.3 is 0 Å². The quantitative estimate of drug-likeness (QED) is 0.262. The SMILES string of the molecule is CCCCCC(Cc1ccc2ccccc2c1)c1ccc(-c2cccc(F)c2)cc1. The summed E-state index contributed by atoms with van der Waals surface area (Å²) in [6.07, 6.45) is 6.00. The number of hydrogen-bond donors (Lipinski definition) is 0. The maximum atomic E-state index is 13.6. The number of fused-ring (bicyclic) bond motifs is 1. The molecule has 0 bridgehead atoms. The molecule has 1 atom stereocenters. The molecule has 4 aromatic carbocycles. The van der Waals surface area contributed by atoms with Crippen molar-refractivity contribution in [2.45, 2.75) is 44.9 Å². The Kier molecular flexibility index (Phi) is 6.59. The Morgan fingerprint density at radius 1 is 0.700 bits per heavy atom. The summed E-state index contributed by atoms with van der Waals surface area (Å²) in [6.45, 7) is 2.26. The smallest absolute Gasteiger partial charge is 0.123 e. The number of rotatable bonds is 8. The Balaban J connectivity index is 1.57. The Hall–Kier alpha value is -2.93. The number of unbranched alkanes of at least 4 members (excludes halogenated alkanes) is 2. The first kappa shape index (κ1) is 20.3. The van der Waals surface area contributed by atoms with Gasteiger partial charge in [0.1, 0.15) is 5.82 Å². The third-order valence-electron chi connectivity index (χ3n) is 5.99. The highest BCUT2D eigenvalue weighted by Crippen LogP contribution is 2.30. The standard InChI is InChI=1S/C29H29F/c1-2-3-4-9-27(20-22-13-14-23-8-5-6-10-26(23)19-22)24-15-17-25(18-16-24)28-11-7-12-29(30)21-28/h5-8,10-19,21,27H,2-4,9,20H2,1H3. The second-order valence-corrected chi connectivity index (χ2v) is 8.21. The Morgan fingerprint density at radius 2 is 1.50 bits per heavy atom. The summed E-state index contributed by atoms with van der Waals surface area (Å²) in [5.41, 5.74) is 4.76. The Morgan fingerprint density at radius 3 is 2.27 bits per heavy atom. The van der Waals surface area contributed by atoms with Crippen LogP contribution in [0.4, 0.5) is 4.39 Å². The van der Waals surface area contributed by atoms with Crippen LogP contribution in [0.1, 0.15) is 49.7 Å². The van der Waals surface area contributed by atoms with Gasteiger partial charge in [-0.15, -0.1) is 0 Å². The van der Waals surface area contributed by atoms with Crippen LogP contribution in [0.2, 0.25) is 0 Å². The van der Waals surface area contributed by atoms with Gasteiger partial charge in [0.2, 0.25) is 0 Å². The van der Waals surface area contributed by atoms with Crippen LogP contribution in [0.5, 0.6) is 0 Å². The number of halogens is 1. The molecular formula is C29H29F. The molecule has 0 aliphatic rings. The number of benzene rings is 4. The lowest BCUT2D eigenvalue weighted by molar-refractivity contribution is 0.563. The molecule has 0 aromatic heterocycles. The highest BCUT2D eigenvalue weighted by atomic mass is 19.1. The molecule has 0 aliphatic heterocycles. The fourth-order valence-electron chi connectivity index (χ4n) is 4.29. The van der Waals surface area contributed by atoms with E-state index in [1.807, 2.05) is 6.07 Å². The van der Waals surface area contributed by atoms with Gasteiger partial charge in [0, 0.05) is 0 Å². The van der Waals surface area contributed by atoms with E-state index in [1.165, 1.54) is 53.6 Å². The van der Waals surface area contributed by atoms with E-state index in [0.29, 0.717) is 5.92 Å². The summed E-state index contributed by atoms with van der Waals surface area (Å²) in [5, 5.41) is 2.60. The zero-order chi connectivity index (χ0) is 20.8. The van der Waals surface area contributed by atoms with Crippen molar-refractivity contribution in [2.75, 3.05) is 0 Å². The molecule has 152 valence electrons. The zero-order valence-electron chi connectivity index (χ0n) is 17.7. The summed E-state index contributed by atoms with van der Waals surface area (Å²) in [4.78, 5) is 0.